The summed E-state index contributed by atoms with van der Waals surface area (Å²) in [6.07, 6.45) is 0. The van der Waals surface area contributed by atoms with E-state index in [-0.39, 0.29) is 11.5 Å². The van der Waals surface area contributed by atoms with E-state index in [0.717, 1.165) is 28.2 Å². The van der Waals surface area contributed by atoms with Crippen LogP contribution in [0, 0.1) is 37.5 Å². The summed E-state index contributed by atoms with van der Waals surface area (Å²) in [6, 6.07) is 25.6. The lowest BCUT2D eigenvalue weighted by atomic mass is 10.0. The van der Waals surface area contributed by atoms with Crippen LogP contribution >= 0.6 is 0 Å². The number of esters is 1. The first-order chi connectivity index (χ1) is 19.8. The molecule has 0 amide bonds. The monoisotopic (exact) mass is 546 g/mol. The highest BCUT2D eigenvalue weighted by Gasteiger charge is 2.13. The van der Waals surface area contributed by atoms with Gasteiger partial charge < -0.3 is 19.3 Å². The van der Waals surface area contributed by atoms with Gasteiger partial charge in [0.1, 0.15) is 11.5 Å². The number of carbonyl (C=O) groups excluding carboxylic acids is 1. The van der Waals surface area contributed by atoms with Gasteiger partial charge >= 0.3 is 11.9 Å². The highest BCUT2D eigenvalue weighted by Crippen LogP contribution is 2.17. The predicted octanol–water partition coefficient (Wildman–Crippen LogP) is 6.29. The van der Waals surface area contributed by atoms with Crippen molar-refractivity contribution < 1.29 is 28.9 Å². The van der Waals surface area contributed by atoms with Gasteiger partial charge in [-0.1, -0.05) is 60.1 Å². The van der Waals surface area contributed by atoms with E-state index in [2.05, 4.69) is 23.7 Å². The Morgan fingerprint density at radius 1 is 0.610 bits per heavy atom. The highest BCUT2D eigenvalue weighted by molar-refractivity contribution is 5.94. The minimum Gasteiger partial charge on any atom is -0.497 e. The number of rotatable bonds is 4. The molecule has 4 aromatic rings. The summed E-state index contributed by atoms with van der Waals surface area (Å²) in [5.74, 6) is 12.1. The second-order valence-electron chi connectivity index (χ2n) is 8.76. The SMILES string of the molecule is COC(=O)c1c(C)cccc1C#Cc1cccc(OC)c1.COc1cccc(C#Cc2cccc(C)c2C(=O)O)c1. The number of ether oxygens (including phenoxy) is 3. The molecule has 4 aromatic carbocycles. The van der Waals surface area contributed by atoms with Crippen LogP contribution in [0.4, 0.5) is 0 Å². The first kappa shape index (κ1) is 30.1. The van der Waals surface area contributed by atoms with Gasteiger partial charge in [0.2, 0.25) is 0 Å². The Labute approximate surface area is 240 Å². The van der Waals surface area contributed by atoms with Gasteiger partial charge in [0.25, 0.3) is 0 Å². The van der Waals surface area contributed by atoms with Crippen LogP contribution in [0.3, 0.4) is 0 Å². The molecule has 0 radical (unpaired) electrons. The normalized spacial score (nSPS) is 9.49. The fraction of sp³-hybridized carbons (Fsp3) is 0.143. The number of methoxy groups -OCH3 is 3. The zero-order valence-electron chi connectivity index (χ0n) is 23.6. The second-order valence-corrected chi connectivity index (χ2v) is 8.76. The molecule has 0 aliphatic carbocycles. The van der Waals surface area contributed by atoms with Crippen LogP contribution in [-0.4, -0.2) is 38.4 Å². The van der Waals surface area contributed by atoms with Gasteiger partial charge in [0, 0.05) is 22.3 Å². The lowest BCUT2D eigenvalue weighted by Crippen LogP contribution is -2.06. The van der Waals surface area contributed by atoms with Crippen LogP contribution < -0.4 is 9.47 Å². The van der Waals surface area contributed by atoms with Crippen LogP contribution in [0.2, 0.25) is 0 Å². The summed E-state index contributed by atoms with van der Waals surface area (Å²) in [7, 11) is 4.58. The van der Waals surface area contributed by atoms with Crippen LogP contribution in [0.1, 0.15) is 54.1 Å². The summed E-state index contributed by atoms with van der Waals surface area (Å²) < 4.78 is 15.1. The Morgan fingerprint density at radius 2 is 1.05 bits per heavy atom. The zero-order chi connectivity index (χ0) is 29.8. The van der Waals surface area contributed by atoms with Crippen molar-refractivity contribution in [2.24, 2.45) is 0 Å². The Balaban J connectivity index is 0.000000226. The van der Waals surface area contributed by atoms with Gasteiger partial charge in [-0.25, -0.2) is 9.59 Å². The molecule has 0 aliphatic rings. The molecule has 0 bridgehead atoms. The van der Waals surface area contributed by atoms with Crippen LogP contribution in [-0.2, 0) is 4.74 Å². The minimum absolute atomic E-state index is 0.253. The summed E-state index contributed by atoms with van der Waals surface area (Å²) in [6.45, 7) is 3.63. The molecule has 0 saturated carbocycles. The summed E-state index contributed by atoms with van der Waals surface area (Å²) in [5, 5.41) is 9.24. The summed E-state index contributed by atoms with van der Waals surface area (Å²) in [4.78, 5) is 23.1. The van der Waals surface area contributed by atoms with Crippen molar-refractivity contribution in [2.75, 3.05) is 21.3 Å². The topological polar surface area (TPSA) is 82.1 Å². The molecule has 0 aliphatic heterocycles. The average Bonchev–Trinajstić information content (AvgIpc) is 2.99. The minimum atomic E-state index is -0.960. The largest absolute Gasteiger partial charge is 0.497 e. The van der Waals surface area contributed by atoms with Crippen molar-refractivity contribution in [1.29, 1.82) is 0 Å². The second kappa shape index (κ2) is 14.6. The maximum Gasteiger partial charge on any atom is 0.339 e. The van der Waals surface area contributed by atoms with Gasteiger partial charge in [-0.2, -0.15) is 0 Å². The van der Waals surface area contributed by atoms with E-state index in [1.165, 1.54) is 7.11 Å². The highest BCUT2D eigenvalue weighted by atomic mass is 16.5. The molecule has 6 nitrogen and oxygen atoms in total. The lowest BCUT2D eigenvalue weighted by Gasteiger charge is -2.05. The Kier molecular flexibility index (Phi) is 10.7. The molecule has 0 spiro atoms. The fourth-order valence-electron chi connectivity index (χ4n) is 3.88. The third kappa shape index (κ3) is 8.26. The van der Waals surface area contributed by atoms with E-state index in [0.29, 0.717) is 22.3 Å². The molecule has 0 saturated heterocycles. The number of hydrogen-bond donors (Lipinski definition) is 1. The molecular formula is C35H30O6. The Bertz CT molecular complexity index is 1680. The smallest absolute Gasteiger partial charge is 0.339 e. The van der Waals surface area contributed by atoms with Gasteiger partial charge in [0.05, 0.1) is 32.5 Å². The lowest BCUT2D eigenvalue weighted by molar-refractivity contribution is 0.0598. The van der Waals surface area contributed by atoms with Crippen LogP contribution in [0.15, 0.2) is 84.9 Å². The number of carbonyl (C=O) groups is 2. The number of benzene rings is 4. The van der Waals surface area contributed by atoms with E-state index >= 15 is 0 Å². The van der Waals surface area contributed by atoms with Crippen molar-refractivity contribution >= 4 is 11.9 Å². The molecule has 1 N–H and O–H groups in total. The molecule has 4 rings (SSSR count). The van der Waals surface area contributed by atoms with Crippen molar-refractivity contribution in [1.82, 2.24) is 0 Å². The first-order valence-electron chi connectivity index (χ1n) is 12.6. The first-order valence-corrected chi connectivity index (χ1v) is 12.6. The average molecular weight is 547 g/mol. The predicted molar refractivity (Wildman–Crippen MR) is 159 cm³/mol. The molecule has 0 heterocycles. The van der Waals surface area contributed by atoms with Gasteiger partial charge in [-0.05, 0) is 73.5 Å². The van der Waals surface area contributed by atoms with Crippen molar-refractivity contribution in [3.05, 3.63) is 129 Å². The Hall–Kier alpha value is -5.46. The number of carboxylic acid groups (broad SMARTS) is 1. The van der Waals surface area contributed by atoms with E-state index in [9.17, 15) is 14.7 Å². The van der Waals surface area contributed by atoms with E-state index < -0.39 is 5.97 Å². The number of aromatic carboxylic acids is 1. The molecule has 206 valence electrons. The zero-order valence-corrected chi connectivity index (χ0v) is 23.6. The third-order valence-electron chi connectivity index (χ3n) is 5.97. The van der Waals surface area contributed by atoms with Gasteiger partial charge in [0.15, 0.2) is 0 Å². The fourth-order valence-corrected chi connectivity index (χ4v) is 3.88. The molecule has 0 unspecified atom stereocenters. The molecule has 6 heteroatoms. The maximum atomic E-state index is 11.9. The standard InChI is InChI=1S/C18H16O3.C17H14O3/c1-13-6-4-8-15(17(13)18(19)21-3)11-10-14-7-5-9-16(12-14)20-2;1-12-5-3-7-14(16(12)17(18)19)10-9-13-6-4-8-15(11-13)20-2/h4-9,12H,1-3H3;3-8,11H,1-2H3,(H,18,19). The quantitative estimate of drug-likeness (QED) is 0.239. The van der Waals surface area contributed by atoms with Crippen LogP contribution in [0.5, 0.6) is 11.5 Å². The number of hydrogen-bond acceptors (Lipinski definition) is 5. The summed E-state index contributed by atoms with van der Waals surface area (Å²) >= 11 is 0. The summed E-state index contributed by atoms with van der Waals surface area (Å²) in [5.41, 5.74) is 5.09. The molecule has 0 aromatic heterocycles. The maximum absolute atomic E-state index is 11.9. The number of aryl methyl sites for hydroxylation is 2. The molecule has 0 atom stereocenters. The molecular weight excluding hydrogens is 516 g/mol. The van der Waals surface area contributed by atoms with Crippen molar-refractivity contribution in [3.63, 3.8) is 0 Å². The van der Waals surface area contributed by atoms with Crippen molar-refractivity contribution in [2.45, 2.75) is 13.8 Å². The Morgan fingerprint density at radius 3 is 1.49 bits per heavy atom. The molecule has 0 fully saturated rings. The van der Waals surface area contributed by atoms with E-state index in [4.69, 9.17) is 14.2 Å². The van der Waals surface area contributed by atoms with Gasteiger partial charge in [-0.15, -0.1) is 0 Å². The number of carboxylic acids is 1. The van der Waals surface area contributed by atoms with E-state index in [1.807, 2.05) is 73.7 Å². The van der Waals surface area contributed by atoms with E-state index in [1.54, 1.807) is 39.3 Å². The van der Waals surface area contributed by atoms with Gasteiger partial charge in [-0.3, -0.25) is 0 Å². The van der Waals surface area contributed by atoms with Crippen LogP contribution in [0.25, 0.3) is 0 Å². The molecule has 41 heavy (non-hydrogen) atoms. The van der Waals surface area contributed by atoms with Crippen molar-refractivity contribution in [3.8, 4) is 35.2 Å². The third-order valence-corrected chi connectivity index (χ3v) is 5.97.